The highest BCUT2D eigenvalue weighted by Gasteiger charge is 2.28. The number of aromatic nitrogens is 2. The molecule has 3 amide bonds. The number of halogens is 3. The Hall–Kier alpha value is -4.09. The van der Waals surface area contributed by atoms with Crippen LogP contribution in [-0.4, -0.2) is 52.5 Å². The highest BCUT2D eigenvalue weighted by atomic mass is 19.3. The Morgan fingerprint density at radius 2 is 1.82 bits per heavy atom. The van der Waals surface area contributed by atoms with E-state index in [1.54, 1.807) is 29.2 Å². The second-order valence-corrected chi connectivity index (χ2v) is 10.6. The van der Waals surface area contributed by atoms with Gasteiger partial charge in [0.05, 0.1) is 6.54 Å². The molecule has 2 heterocycles. The van der Waals surface area contributed by atoms with Crippen LogP contribution >= 0.6 is 0 Å². The molecule has 40 heavy (non-hydrogen) atoms. The van der Waals surface area contributed by atoms with Gasteiger partial charge >= 0.3 is 18.5 Å². The molecule has 1 aliphatic heterocycles. The number of benzene rings is 2. The lowest BCUT2D eigenvalue weighted by atomic mass is 9.97. The Labute approximate surface area is 230 Å². The van der Waals surface area contributed by atoms with Crippen molar-refractivity contribution in [2.75, 3.05) is 24.5 Å². The minimum absolute atomic E-state index is 0.0782. The van der Waals surface area contributed by atoms with Crippen molar-refractivity contribution < 1.29 is 31.9 Å². The molecular weight excluding hydrogens is 527 g/mol. The van der Waals surface area contributed by atoms with Gasteiger partial charge in [0.25, 0.3) is 5.89 Å². The fourth-order valence-electron chi connectivity index (χ4n) is 4.28. The molecule has 1 fully saturated rings. The van der Waals surface area contributed by atoms with Gasteiger partial charge in [-0.15, -0.1) is 10.2 Å². The second-order valence-electron chi connectivity index (χ2n) is 10.6. The van der Waals surface area contributed by atoms with Gasteiger partial charge in [0.2, 0.25) is 5.89 Å². The molecule has 2 aromatic carbocycles. The summed E-state index contributed by atoms with van der Waals surface area (Å²) >= 11 is 0. The summed E-state index contributed by atoms with van der Waals surface area (Å²) in [6, 6.07) is 12.5. The molecule has 0 unspecified atom stereocenters. The number of nitrogens with one attached hydrogen (secondary N) is 1. The van der Waals surface area contributed by atoms with Crippen LogP contribution in [0.4, 0.5) is 28.4 Å². The molecule has 0 radical (unpaired) electrons. The number of rotatable bonds is 7. The molecule has 0 aliphatic carbocycles. The van der Waals surface area contributed by atoms with Gasteiger partial charge in [-0.1, -0.05) is 24.3 Å². The molecule has 1 aliphatic rings. The van der Waals surface area contributed by atoms with E-state index >= 15 is 4.39 Å². The maximum Gasteiger partial charge on any atom is 0.410 e. The molecule has 214 valence electrons. The Morgan fingerprint density at radius 3 is 2.42 bits per heavy atom. The van der Waals surface area contributed by atoms with E-state index in [2.05, 4.69) is 15.5 Å². The molecule has 1 N–H and O–H groups in total. The Kier molecular flexibility index (Phi) is 8.96. The van der Waals surface area contributed by atoms with Crippen molar-refractivity contribution in [3.8, 4) is 11.5 Å². The first kappa shape index (κ1) is 28.9. The van der Waals surface area contributed by atoms with Gasteiger partial charge in [-0.25, -0.2) is 14.0 Å². The van der Waals surface area contributed by atoms with Crippen LogP contribution in [0, 0.1) is 11.7 Å². The normalized spacial score (nSPS) is 14.3. The van der Waals surface area contributed by atoms with Crippen LogP contribution in [0.15, 0.2) is 52.9 Å². The number of para-hydroxylation sites is 1. The minimum Gasteiger partial charge on any atom is -0.444 e. The maximum atomic E-state index is 15.1. The van der Waals surface area contributed by atoms with E-state index in [-0.39, 0.29) is 35.6 Å². The molecular formula is C28H32F3N5O4. The number of ether oxygens (including phenoxy) is 1. The highest BCUT2D eigenvalue weighted by molar-refractivity contribution is 5.91. The third-order valence-electron chi connectivity index (χ3n) is 6.38. The molecule has 3 aromatic rings. The van der Waals surface area contributed by atoms with Gasteiger partial charge < -0.3 is 19.4 Å². The van der Waals surface area contributed by atoms with Gasteiger partial charge in [0.1, 0.15) is 11.4 Å². The highest BCUT2D eigenvalue weighted by Crippen LogP contribution is 2.26. The predicted octanol–water partition coefficient (Wildman–Crippen LogP) is 6.18. The predicted molar refractivity (Wildman–Crippen MR) is 141 cm³/mol. The lowest BCUT2D eigenvalue weighted by Gasteiger charge is -2.34. The van der Waals surface area contributed by atoms with Crippen LogP contribution in [0.1, 0.15) is 51.5 Å². The lowest BCUT2D eigenvalue weighted by Crippen LogP contribution is -2.46. The van der Waals surface area contributed by atoms with Gasteiger partial charge in [-0.05, 0) is 63.8 Å². The van der Waals surface area contributed by atoms with Crippen LogP contribution in [0.3, 0.4) is 0 Å². The van der Waals surface area contributed by atoms with Crippen molar-refractivity contribution in [1.29, 1.82) is 0 Å². The van der Waals surface area contributed by atoms with E-state index in [0.29, 0.717) is 38.2 Å². The topological polar surface area (TPSA) is 101 Å². The zero-order valence-corrected chi connectivity index (χ0v) is 22.6. The average Bonchev–Trinajstić information content (AvgIpc) is 3.42. The van der Waals surface area contributed by atoms with E-state index in [1.807, 2.05) is 26.8 Å². The third-order valence-corrected chi connectivity index (χ3v) is 6.38. The fraction of sp³-hybridized carbons (Fsp3) is 0.429. The summed E-state index contributed by atoms with van der Waals surface area (Å²) in [5.41, 5.74) is 0.366. The third kappa shape index (κ3) is 7.51. The van der Waals surface area contributed by atoms with E-state index < -0.39 is 29.8 Å². The monoisotopic (exact) mass is 559 g/mol. The van der Waals surface area contributed by atoms with Gasteiger partial charge in [-0.3, -0.25) is 4.90 Å². The van der Waals surface area contributed by atoms with Crippen LogP contribution in [0.5, 0.6) is 0 Å². The molecule has 0 bridgehead atoms. The van der Waals surface area contributed by atoms with Gasteiger partial charge in [0.15, 0.2) is 0 Å². The van der Waals surface area contributed by atoms with Crippen LogP contribution in [-0.2, 0) is 11.3 Å². The van der Waals surface area contributed by atoms with Gasteiger partial charge in [0, 0.05) is 36.4 Å². The van der Waals surface area contributed by atoms with Crippen LogP contribution in [0.2, 0.25) is 0 Å². The summed E-state index contributed by atoms with van der Waals surface area (Å²) in [7, 11) is 0. The number of carbonyl (C=O) groups is 2. The first-order valence-electron chi connectivity index (χ1n) is 13.0. The van der Waals surface area contributed by atoms with Crippen molar-refractivity contribution in [2.24, 2.45) is 5.92 Å². The van der Waals surface area contributed by atoms with E-state index in [0.717, 1.165) is 6.07 Å². The zero-order valence-electron chi connectivity index (χ0n) is 22.6. The summed E-state index contributed by atoms with van der Waals surface area (Å²) in [4.78, 5) is 28.7. The fourth-order valence-corrected chi connectivity index (χ4v) is 4.28. The number of hydrogen-bond acceptors (Lipinski definition) is 6. The quantitative estimate of drug-likeness (QED) is 0.371. The minimum atomic E-state index is -2.93. The number of carbonyl (C=O) groups excluding carboxylic acids is 2. The van der Waals surface area contributed by atoms with Crippen molar-refractivity contribution in [2.45, 2.75) is 52.2 Å². The summed E-state index contributed by atoms with van der Waals surface area (Å²) in [6.45, 7) is 6.87. The first-order valence-corrected chi connectivity index (χ1v) is 13.0. The number of hydrogen-bond donors (Lipinski definition) is 1. The summed E-state index contributed by atoms with van der Waals surface area (Å²) in [6.07, 6.45) is -1.85. The zero-order chi connectivity index (χ0) is 28.9. The molecule has 1 saturated heterocycles. The molecule has 9 nitrogen and oxygen atoms in total. The SMILES string of the molecule is CC(C)(C)OC(=O)N1CCC(CNC(=O)N(Cc2ccc(-c3nnc(C(F)F)o3)cc2F)c2ccccc2)CC1. The largest absolute Gasteiger partial charge is 0.444 e. The molecule has 0 spiro atoms. The summed E-state index contributed by atoms with van der Waals surface area (Å²) in [5, 5.41) is 9.76. The number of anilines is 1. The average molecular weight is 560 g/mol. The first-order chi connectivity index (χ1) is 19.0. The van der Waals surface area contributed by atoms with Crippen molar-refractivity contribution in [1.82, 2.24) is 20.4 Å². The number of nitrogens with zero attached hydrogens (tertiary/aromatic N) is 4. The summed E-state index contributed by atoms with van der Waals surface area (Å²) < 4.78 is 51.0. The van der Waals surface area contributed by atoms with Gasteiger partial charge in [-0.2, -0.15) is 8.78 Å². The number of alkyl halides is 2. The second kappa shape index (κ2) is 12.4. The molecule has 0 atom stereocenters. The van der Waals surface area contributed by atoms with Crippen molar-refractivity contribution in [3.05, 3.63) is 65.8 Å². The standard InChI is InChI=1S/C28H32F3N5O4/c1-28(2,3)40-27(38)35-13-11-18(12-14-35)16-32-26(37)36(21-7-5-4-6-8-21)17-20-10-9-19(15-22(20)29)24-33-34-25(39-24)23(30)31/h4-10,15,18,23H,11-14,16-17H2,1-3H3,(H,32,37). The Bertz CT molecular complexity index is 1300. The lowest BCUT2D eigenvalue weighted by molar-refractivity contribution is 0.0184. The number of urea groups is 1. The number of likely N-dealkylation sites (tertiary alicyclic amines) is 1. The van der Waals surface area contributed by atoms with Crippen LogP contribution in [0.25, 0.3) is 11.5 Å². The van der Waals surface area contributed by atoms with E-state index in [9.17, 15) is 18.4 Å². The molecule has 0 saturated carbocycles. The molecule has 12 heteroatoms. The summed E-state index contributed by atoms with van der Waals surface area (Å²) in [5.74, 6) is -1.56. The maximum absolute atomic E-state index is 15.1. The van der Waals surface area contributed by atoms with E-state index in [1.165, 1.54) is 17.0 Å². The smallest absolute Gasteiger partial charge is 0.410 e. The number of piperidine rings is 1. The molecule has 4 rings (SSSR count). The van der Waals surface area contributed by atoms with Crippen molar-refractivity contribution in [3.63, 3.8) is 0 Å². The Balaban J connectivity index is 1.39. The van der Waals surface area contributed by atoms with E-state index in [4.69, 9.17) is 9.15 Å². The number of amides is 3. The Morgan fingerprint density at radius 1 is 1.12 bits per heavy atom. The van der Waals surface area contributed by atoms with Crippen molar-refractivity contribution >= 4 is 17.8 Å². The van der Waals surface area contributed by atoms with Crippen LogP contribution < -0.4 is 10.2 Å². The molecule has 1 aromatic heterocycles.